The third-order valence-electron chi connectivity index (χ3n) is 4.60. The quantitative estimate of drug-likeness (QED) is 0.657. The lowest BCUT2D eigenvalue weighted by molar-refractivity contribution is 0.0966. The number of H-pyrrole nitrogens is 1. The summed E-state index contributed by atoms with van der Waals surface area (Å²) in [5, 5.41) is 1.96. The molecule has 0 atom stereocenters. The SMILES string of the molecule is C=C(Br)/C=c1/[nH]c(CC/C=C/c2ccccc2)c(C(=O)C2CC2)/c1=C/C. The van der Waals surface area contributed by atoms with E-state index in [9.17, 15) is 4.79 Å². The normalized spacial score (nSPS) is 15.8. The summed E-state index contributed by atoms with van der Waals surface area (Å²) in [6, 6.07) is 10.3. The molecule has 1 aliphatic carbocycles. The van der Waals surface area contributed by atoms with E-state index < -0.39 is 0 Å². The van der Waals surface area contributed by atoms with E-state index in [0.29, 0.717) is 0 Å². The number of Topliss-reactive ketones (excluding diaryl/α,β-unsaturated/α-hetero) is 1. The van der Waals surface area contributed by atoms with Gasteiger partial charge < -0.3 is 4.98 Å². The maximum absolute atomic E-state index is 12.9. The van der Waals surface area contributed by atoms with Crippen molar-refractivity contribution >= 4 is 39.9 Å². The van der Waals surface area contributed by atoms with Crippen molar-refractivity contribution in [1.29, 1.82) is 0 Å². The van der Waals surface area contributed by atoms with Gasteiger partial charge in [-0.15, -0.1) is 0 Å². The van der Waals surface area contributed by atoms with Crippen LogP contribution >= 0.6 is 15.9 Å². The van der Waals surface area contributed by atoms with E-state index in [0.717, 1.165) is 52.0 Å². The molecule has 1 heterocycles. The second-order valence-corrected chi connectivity index (χ2v) is 7.69. The Balaban J connectivity index is 1.88. The van der Waals surface area contributed by atoms with Crippen molar-refractivity contribution in [3.8, 4) is 0 Å². The Morgan fingerprint density at radius 3 is 2.65 bits per heavy atom. The van der Waals surface area contributed by atoms with Gasteiger partial charge in [-0.3, -0.25) is 4.79 Å². The summed E-state index contributed by atoms with van der Waals surface area (Å²) >= 11 is 3.40. The molecule has 0 spiro atoms. The zero-order chi connectivity index (χ0) is 18.5. The van der Waals surface area contributed by atoms with E-state index in [1.54, 1.807) is 0 Å². The molecule has 0 aliphatic heterocycles. The highest BCUT2D eigenvalue weighted by Crippen LogP contribution is 2.32. The highest BCUT2D eigenvalue weighted by molar-refractivity contribution is 9.12. The van der Waals surface area contributed by atoms with Crippen molar-refractivity contribution in [2.45, 2.75) is 32.6 Å². The lowest BCUT2D eigenvalue weighted by Gasteiger charge is -2.01. The summed E-state index contributed by atoms with van der Waals surface area (Å²) < 4.78 is 0.794. The minimum atomic E-state index is 0.211. The molecule has 1 fully saturated rings. The third kappa shape index (κ3) is 4.53. The van der Waals surface area contributed by atoms with Crippen molar-refractivity contribution in [2.75, 3.05) is 0 Å². The van der Waals surface area contributed by atoms with Gasteiger partial charge in [0.25, 0.3) is 0 Å². The fourth-order valence-electron chi connectivity index (χ4n) is 3.19. The van der Waals surface area contributed by atoms with E-state index in [1.165, 1.54) is 5.56 Å². The molecule has 0 radical (unpaired) electrons. The van der Waals surface area contributed by atoms with Crippen LogP contribution in [0.15, 0.2) is 47.5 Å². The molecule has 1 aromatic heterocycles. The van der Waals surface area contributed by atoms with E-state index in [2.05, 4.69) is 51.8 Å². The molecule has 1 aliphatic rings. The summed E-state index contributed by atoms with van der Waals surface area (Å²) in [5.74, 6) is 0.499. The number of halogens is 1. The number of benzene rings is 1. The summed E-state index contributed by atoms with van der Waals surface area (Å²) in [4.78, 5) is 16.3. The summed E-state index contributed by atoms with van der Waals surface area (Å²) in [6.07, 6.45) is 12.0. The van der Waals surface area contributed by atoms with Crippen LogP contribution < -0.4 is 10.6 Å². The summed E-state index contributed by atoms with van der Waals surface area (Å²) in [6.45, 7) is 5.88. The summed E-state index contributed by atoms with van der Waals surface area (Å²) in [5.41, 5.74) is 3.11. The molecule has 3 rings (SSSR count). The molecule has 2 aromatic rings. The lowest BCUT2D eigenvalue weighted by atomic mass is 10.0. The number of rotatable bonds is 7. The number of aromatic amines is 1. The minimum absolute atomic E-state index is 0.211. The molecular weight excluding hydrogens is 386 g/mol. The highest BCUT2D eigenvalue weighted by Gasteiger charge is 2.32. The number of hydrogen-bond acceptors (Lipinski definition) is 1. The number of aromatic nitrogens is 1. The molecule has 0 saturated heterocycles. The zero-order valence-electron chi connectivity index (χ0n) is 15.1. The molecular formula is C23H24BrNO. The van der Waals surface area contributed by atoms with Gasteiger partial charge >= 0.3 is 0 Å². The van der Waals surface area contributed by atoms with Gasteiger partial charge in [0, 0.05) is 32.2 Å². The Morgan fingerprint density at radius 2 is 2.04 bits per heavy atom. The monoisotopic (exact) mass is 409 g/mol. The Bertz CT molecular complexity index is 946. The van der Waals surface area contributed by atoms with Crippen LogP contribution in [0.3, 0.4) is 0 Å². The van der Waals surface area contributed by atoms with E-state index in [1.807, 2.05) is 37.3 Å². The fraction of sp³-hybridized carbons (Fsp3) is 0.261. The molecule has 0 bridgehead atoms. The van der Waals surface area contributed by atoms with Gasteiger partial charge in [0.2, 0.25) is 0 Å². The number of hydrogen-bond donors (Lipinski definition) is 1. The topological polar surface area (TPSA) is 32.9 Å². The largest absolute Gasteiger partial charge is 0.358 e. The summed E-state index contributed by atoms with van der Waals surface area (Å²) in [7, 11) is 0. The average molecular weight is 410 g/mol. The highest BCUT2D eigenvalue weighted by atomic mass is 79.9. The first-order chi connectivity index (χ1) is 12.6. The smallest absolute Gasteiger partial charge is 0.168 e. The van der Waals surface area contributed by atoms with Crippen LogP contribution in [-0.4, -0.2) is 10.8 Å². The van der Waals surface area contributed by atoms with Gasteiger partial charge in [0.05, 0.1) is 0 Å². The maximum Gasteiger partial charge on any atom is 0.168 e. The van der Waals surface area contributed by atoms with Gasteiger partial charge in [-0.2, -0.15) is 0 Å². The number of aryl methyl sites for hydroxylation is 1. The molecule has 1 aromatic carbocycles. The van der Waals surface area contributed by atoms with Crippen molar-refractivity contribution in [2.24, 2.45) is 5.92 Å². The first kappa shape index (κ1) is 18.7. The van der Waals surface area contributed by atoms with E-state index in [-0.39, 0.29) is 11.7 Å². The maximum atomic E-state index is 12.9. The van der Waals surface area contributed by atoms with Gasteiger partial charge in [-0.1, -0.05) is 71.1 Å². The molecule has 26 heavy (non-hydrogen) atoms. The molecule has 134 valence electrons. The number of nitrogens with one attached hydrogen (secondary N) is 1. The van der Waals surface area contributed by atoms with Crippen LogP contribution in [0, 0.1) is 5.92 Å². The van der Waals surface area contributed by atoms with Crippen LogP contribution in [0.5, 0.6) is 0 Å². The third-order valence-corrected chi connectivity index (χ3v) is 4.83. The van der Waals surface area contributed by atoms with E-state index >= 15 is 0 Å². The molecule has 0 unspecified atom stereocenters. The number of carbonyl (C=O) groups excluding carboxylic acids is 1. The van der Waals surface area contributed by atoms with Crippen LogP contribution in [-0.2, 0) is 6.42 Å². The minimum Gasteiger partial charge on any atom is -0.358 e. The molecule has 0 amide bonds. The molecule has 2 nitrogen and oxygen atoms in total. The lowest BCUT2D eigenvalue weighted by Crippen LogP contribution is -2.27. The first-order valence-electron chi connectivity index (χ1n) is 9.09. The van der Waals surface area contributed by atoms with Gasteiger partial charge in [-0.05, 0) is 44.2 Å². The Labute approximate surface area is 163 Å². The fourth-order valence-corrected chi connectivity index (χ4v) is 3.42. The van der Waals surface area contributed by atoms with Crippen LogP contribution in [0.2, 0.25) is 0 Å². The van der Waals surface area contributed by atoms with Crippen molar-refractivity contribution in [3.63, 3.8) is 0 Å². The first-order valence-corrected chi connectivity index (χ1v) is 9.88. The van der Waals surface area contributed by atoms with Crippen molar-refractivity contribution in [1.82, 2.24) is 4.98 Å². The predicted octanol–water partition coefficient (Wildman–Crippen LogP) is 4.74. The standard InChI is InChI=1S/C23H24BrNO/c1-3-19-21(15-16(2)24)25-20(22(19)23(26)18-13-14-18)12-8-7-11-17-9-5-4-6-10-17/h3-7,9-11,15,18,25H,2,8,12-14H2,1H3/b11-7+,19-3+,21-15+. The van der Waals surface area contributed by atoms with Gasteiger partial charge in [-0.25, -0.2) is 0 Å². The van der Waals surface area contributed by atoms with Crippen LogP contribution in [0.4, 0.5) is 0 Å². The van der Waals surface area contributed by atoms with Gasteiger partial charge in [0.1, 0.15) is 0 Å². The molecule has 1 N–H and O–H groups in total. The zero-order valence-corrected chi connectivity index (χ0v) is 16.7. The Morgan fingerprint density at radius 1 is 1.31 bits per heavy atom. The van der Waals surface area contributed by atoms with E-state index in [4.69, 9.17) is 0 Å². The van der Waals surface area contributed by atoms with Crippen LogP contribution in [0.1, 0.15) is 47.8 Å². The number of carbonyl (C=O) groups is 1. The Hall–Kier alpha value is -2.13. The number of ketones is 1. The molecule has 3 heteroatoms. The van der Waals surface area contributed by atoms with Crippen molar-refractivity contribution in [3.05, 3.63) is 74.9 Å². The second-order valence-electron chi connectivity index (χ2n) is 6.68. The Kier molecular flexibility index (Phi) is 6.10. The average Bonchev–Trinajstić information content (AvgIpc) is 3.42. The van der Waals surface area contributed by atoms with Gasteiger partial charge in [0.15, 0.2) is 5.78 Å². The number of allylic oxidation sites excluding steroid dienone is 2. The predicted molar refractivity (Wildman–Crippen MR) is 114 cm³/mol. The second kappa shape index (κ2) is 8.50. The van der Waals surface area contributed by atoms with Crippen molar-refractivity contribution < 1.29 is 4.79 Å². The van der Waals surface area contributed by atoms with Crippen LogP contribution in [0.25, 0.3) is 18.2 Å². The molecule has 1 saturated carbocycles.